The zero-order valence-corrected chi connectivity index (χ0v) is 13.4. The maximum absolute atomic E-state index is 5.35. The molecule has 0 amide bonds. The number of halogens is 1. The number of rotatable bonds is 6. The van der Waals surface area contributed by atoms with Crippen molar-refractivity contribution in [3.8, 4) is 0 Å². The molecule has 0 fully saturated rings. The number of nitrogens with one attached hydrogen (secondary N) is 1. The summed E-state index contributed by atoms with van der Waals surface area (Å²) < 4.78 is 6.45. The zero-order valence-electron chi connectivity index (χ0n) is 11.8. The lowest BCUT2D eigenvalue weighted by Gasteiger charge is -2.23. The Labute approximate surface area is 129 Å². The fourth-order valence-electron chi connectivity index (χ4n) is 2.27. The van der Waals surface area contributed by atoms with Gasteiger partial charge in [-0.05, 0) is 30.2 Å². The molecule has 0 aromatic heterocycles. The van der Waals surface area contributed by atoms with E-state index < -0.39 is 0 Å². The highest BCUT2D eigenvalue weighted by Gasteiger charge is 2.15. The SMILES string of the molecule is COCC(NC(C)c1cccc(Br)c1)c1ccccc1. The molecule has 0 spiro atoms. The second-order valence-electron chi connectivity index (χ2n) is 4.86. The van der Waals surface area contributed by atoms with Crippen LogP contribution in [-0.2, 0) is 4.74 Å². The van der Waals surface area contributed by atoms with Crippen LogP contribution in [0.1, 0.15) is 30.1 Å². The first-order chi connectivity index (χ1) is 9.70. The molecular weight excluding hydrogens is 314 g/mol. The molecule has 2 nitrogen and oxygen atoms in total. The van der Waals surface area contributed by atoms with Crippen LogP contribution in [0.5, 0.6) is 0 Å². The average molecular weight is 334 g/mol. The Bertz CT molecular complexity index is 530. The number of benzene rings is 2. The molecule has 20 heavy (non-hydrogen) atoms. The van der Waals surface area contributed by atoms with Gasteiger partial charge in [0.25, 0.3) is 0 Å². The molecule has 0 aliphatic carbocycles. The van der Waals surface area contributed by atoms with Crippen molar-refractivity contribution in [3.63, 3.8) is 0 Å². The fourth-order valence-corrected chi connectivity index (χ4v) is 2.68. The van der Waals surface area contributed by atoms with E-state index in [1.807, 2.05) is 12.1 Å². The number of hydrogen-bond donors (Lipinski definition) is 1. The Hall–Kier alpha value is -1.16. The summed E-state index contributed by atoms with van der Waals surface area (Å²) in [4.78, 5) is 0. The molecule has 0 heterocycles. The van der Waals surface area contributed by atoms with Gasteiger partial charge in [-0.2, -0.15) is 0 Å². The minimum Gasteiger partial charge on any atom is -0.383 e. The Morgan fingerprint density at radius 1 is 1.05 bits per heavy atom. The van der Waals surface area contributed by atoms with E-state index in [-0.39, 0.29) is 12.1 Å². The van der Waals surface area contributed by atoms with Crippen molar-refractivity contribution < 1.29 is 4.74 Å². The summed E-state index contributed by atoms with van der Waals surface area (Å²) in [6.07, 6.45) is 0. The normalized spacial score (nSPS) is 13.9. The summed E-state index contributed by atoms with van der Waals surface area (Å²) >= 11 is 3.52. The zero-order chi connectivity index (χ0) is 14.4. The average Bonchev–Trinajstić information content (AvgIpc) is 2.47. The van der Waals surface area contributed by atoms with Gasteiger partial charge in [-0.15, -0.1) is 0 Å². The Kier molecular flexibility index (Phi) is 5.77. The van der Waals surface area contributed by atoms with E-state index >= 15 is 0 Å². The van der Waals surface area contributed by atoms with Gasteiger partial charge < -0.3 is 10.1 Å². The van der Waals surface area contributed by atoms with Crippen molar-refractivity contribution >= 4 is 15.9 Å². The first kappa shape index (κ1) is 15.2. The second-order valence-corrected chi connectivity index (χ2v) is 5.78. The van der Waals surface area contributed by atoms with Gasteiger partial charge in [-0.3, -0.25) is 0 Å². The highest BCUT2D eigenvalue weighted by molar-refractivity contribution is 9.10. The van der Waals surface area contributed by atoms with Crippen LogP contribution in [0.4, 0.5) is 0 Å². The lowest BCUT2D eigenvalue weighted by Crippen LogP contribution is -2.28. The molecule has 2 unspecified atom stereocenters. The molecular formula is C17H20BrNO. The summed E-state index contributed by atoms with van der Waals surface area (Å²) in [6.45, 7) is 2.83. The third-order valence-electron chi connectivity index (χ3n) is 3.34. The van der Waals surface area contributed by atoms with E-state index in [9.17, 15) is 0 Å². The van der Waals surface area contributed by atoms with E-state index in [4.69, 9.17) is 4.74 Å². The summed E-state index contributed by atoms with van der Waals surface area (Å²) in [7, 11) is 1.74. The van der Waals surface area contributed by atoms with Gasteiger partial charge >= 0.3 is 0 Å². The van der Waals surface area contributed by atoms with E-state index in [1.165, 1.54) is 11.1 Å². The van der Waals surface area contributed by atoms with E-state index in [1.54, 1.807) is 7.11 Å². The third kappa shape index (κ3) is 4.17. The predicted octanol–water partition coefficient (Wildman–Crippen LogP) is 4.49. The Balaban J connectivity index is 2.12. The lowest BCUT2D eigenvalue weighted by atomic mass is 10.0. The van der Waals surface area contributed by atoms with Gasteiger partial charge in [0.2, 0.25) is 0 Å². The van der Waals surface area contributed by atoms with E-state index in [0.29, 0.717) is 6.61 Å². The Morgan fingerprint density at radius 3 is 2.40 bits per heavy atom. The lowest BCUT2D eigenvalue weighted by molar-refractivity contribution is 0.162. The minimum atomic E-state index is 0.190. The first-order valence-corrected chi connectivity index (χ1v) is 7.55. The van der Waals surface area contributed by atoms with Crippen molar-refractivity contribution in [2.24, 2.45) is 0 Å². The Morgan fingerprint density at radius 2 is 1.75 bits per heavy atom. The number of methoxy groups -OCH3 is 1. The highest BCUT2D eigenvalue weighted by atomic mass is 79.9. The fraction of sp³-hybridized carbons (Fsp3) is 0.294. The van der Waals surface area contributed by atoms with Crippen LogP contribution in [0.3, 0.4) is 0 Å². The molecule has 2 atom stereocenters. The van der Waals surface area contributed by atoms with E-state index in [2.05, 4.69) is 70.6 Å². The van der Waals surface area contributed by atoms with Crippen LogP contribution < -0.4 is 5.32 Å². The summed E-state index contributed by atoms with van der Waals surface area (Å²) in [5.41, 5.74) is 2.51. The molecule has 1 N–H and O–H groups in total. The number of ether oxygens (including phenoxy) is 1. The largest absolute Gasteiger partial charge is 0.383 e. The molecule has 0 bridgehead atoms. The van der Waals surface area contributed by atoms with Crippen molar-refractivity contribution in [1.29, 1.82) is 0 Å². The molecule has 2 aromatic carbocycles. The molecule has 2 aromatic rings. The molecule has 0 aliphatic heterocycles. The van der Waals surface area contributed by atoms with Gasteiger partial charge in [0, 0.05) is 17.6 Å². The topological polar surface area (TPSA) is 21.3 Å². The van der Waals surface area contributed by atoms with Crippen LogP contribution in [0.25, 0.3) is 0 Å². The van der Waals surface area contributed by atoms with Crippen molar-refractivity contribution in [2.75, 3.05) is 13.7 Å². The monoisotopic (exact) mass is 333 g/mol. The second kappa shape index (κ2) is 7.58. The molecule has 0 radical (unpaired) electrons. The van der Waals surface area contributed by atoms with Crippen molar-refractivity contribution in [2.45, 2.75) is 19.0 Å². The van der Waals surface area contributed by atoms with Crippen molar-refractivity contribution in [3.05, 3.63) is 70.2 Å². The quantitative estimate of drug-likeness (QED) is 0.841. The first-order valence-electron chi connectivity index (χ1n) is 6.76. The molecule has 106 valence electrons. The molecule has 0 saturated carbocycles. The van der Waals surface area contributed by atoms with Gasteiger partial charge in [0.15, 0.2) is 0 Å². The van der Waals surface area contributed by atoms with Crippen LogP contribution >= 0.6 is 15.9 Å². The third-order valence-corrected chi connectivity index (χ3v) is 3.83. The van der Waals surface area contributed by atoms with Gasteiger partial charge in [0.05, 0.1) is 12.6 Å². The van der Waals surface area contributed by atoms with Crippen LogP contribution in [0, 0.1) is 0 Å². The number of hydrogen-bond acceptors (Lipinski definition) is 2. The smallest absolute Gasteiger partial charge is 0.0657 e. The maximum Gasteiger partial charge on any atom is 0.0657 e. The van der Waals surface area contributed by atoms with Crippen LogP contribution in [-0.4, -0.2) is 13.7 Å². The highest BCUT2D eigenvalue weighted by Crippen LogP contribution is 2.22. The summed E-state index contributed by atoms with van der Waals surface area (Å²) in [5, 5.41) is 3.63. The molecule has 3 heteroatoms. The predicted molar refractivity (Wildman–Crippen MR) is 86.8 cm³/mol. The minimum absolute atomic E-state index is 0.190. The van der Waals surface area contributed by atoms with Gasteiger partial charge in [-0.1, -0.05) is 58.4 Å². The molecule has 0 aliphatic rings. The molecule has 0 saturated heterocycles. The standard InChI is InChI=1S/C17H20BrNO/c1-13(15-9-6-10-16(18)11-15)19-17(12-20-2)14-7-4-3-5-8-14/h3-11,13,17,19H,12H2,1-2H3. The molecule has 2 rings (SSSR count). The maximum atomic E-state index is 5.35. The van der Waals surface area contributed by atoms with Crippen LogP contribution in [0.2, 0.25) is 0 Å². The van der Waals surface area contributed by atoms with E-state index in [0.717, 1.165) is 4.47 Å². The van der Waals surface area contributed by atoms with Gasteiger partial charge in [-0.25, -0.2) is 0 Å². The van der Waals surface area contributed by atoms with Crippen LogP contribution in [0.15, 0.2) is 59.1 Å². The van der Waals surface area contributed by atoms with Gasteiger partial charge in [0.1, 0.15) is 0 Å². The summed E-state index contributed by atoms with van der Waals surface area (Å²) in [5.74, 6) is 0. The summed E-state index contributed by atoms with van der Waals surface area (Å²) in [6, 6.07) is 19.2. The van der Waals surface area contributed by atoms with Crippen molar-refractivity contribution in [1.82, 2.24) is 5.32 Å².